The van der Waals surface area contributed by atoms with Crippen LogP contribution in [0.15, 0.2) is 24.3 Å². The van der Waals surface area contributed by atoms with Crippen molar-refractivity contribution in [2.45, 2.75) is 32.1 Å². The minimum Gasteiger partial charge on any atom is -0.340 e. The molecule has 0 unspecified atom stereocenters. The van der Waals surface area contributed by atoms with E-state index in [1.54, 1.807) is 11.8 Å². The summed E-state index contributed by atoms with van der Waals surface area (Å²) < 4.78 is 37.7. The van der Waals surface area contributed by atoms with Gasteiger partial charge >= 0.3 is 6.18 Å². The number of amides is 1. The van der Waals surface area contributed by atoms with Crippen LogP contribution < -0.4 is 5.73 Å². The molecular weight excluding hydrogens is 378 g/mol. The number of nitrogens with zero attached hydrogens (tertiary/aromatic N) is 2. The molecule has 144 valence electrons. The van der Waals surface area contributed by atoms with Gasteiger partial charge in [-0.3, -0.25) is 9.69 Å². The minimum atomic E-state index is -4.30. The topological polar surface area (TPSA) is 49.6 Å². The van der Waals surface area contributed by atoms with Gasteiger partial charge in [0.15, 0.2) is 0 Å². The van der Waals surface area contributed by atoms with Crippen molar-refractivity contribution in [3.63, 3.8) is 0 Å². The van der Waals surface area contributed by atoms with Crippen LogP contribution in [-0.2, 0) is 17.5 Å². The molecule has 2 N–H and O–H groups in total. The number of rotatable bonds is 3. The number of alkyl halides is 3. The summed E-state index contributed by atoms with van der Waals surface area (Å²) in [4.78, 5) is 15.8. The Morgan fingerprint density at radius 2 is 1.72 bits per heavy atom. The molecule has 0 saturated carbocycles. The smallest absolute Gasteiger partial charge is 0.340 e. The van der Waals surface area contributed by atoms with Gasteiger partial charge in [0.25, 0.3) is 0 Å². The van der Waals surface area contributed by atoms with Gasteiger partial charge in [0.05, 0.1) is 11.6 Å². The molecule has 9 heteroatoms. The lowest BCUT2D eigenvalue weighted by Crippen LogP contribution is -2.43. The lowest BCUT2D eigenvalue weighted by molar-refractivity contribution is -0.137. The van der Waals surface area contributed by atoms with E-state index in [2.05, 4.69) is 4.90 Å². The molecule has 1 aliphatic rings. The summed E-state index contributed by atoms with van der Waals surface area (Å²) in [7, 11) is 0. The van der Waals surface area contributed by atoms with Gasteiger partial charge in [-0.2, -0.15) is 13.2 Å². The Balaban J connectivity index is 0.00000288. The van der Waals surface area contributed by atoms with Gasteiger partial charge in [-0.15, -0.1) is 24.8 Å². The first kappa shape index (κ1) is 24.0. The summed E-state index contributed by atoms with van der Waals surface area (Å²) in [5, 5.41) is 0. The largest absolute Gasteiger partial charge is 0.416 e. The van der Waals surface area contributed by atoms with Crippen LogP contribution in [-0.4, -0.2) is 47.9 Å². The lowest BCUT2D eigenvalue weighted by atomic mass is 10.1. The summed E-state index contributed by atoms with van der Waals surface area (Å²) in [6.07, 6.45) is -3.47. The van der Waals surface area contributed by atoms with Crippen LogP contribution >= 0.6 is 24.8 Å². The fourth-order valence-electron chi connectivity index (χ4n) is 2.69. The van der Waals surface area contributed by atoms with Crippen molar-refractivity contribution in [3.8, 4) is 0 Å². The van der Waals surface area contributed by atoms with E-state index in [1.165, 1.54) is 12.1 Å². The molecular formula is C16H24Cl2F3N3O. The Hall–Kier alpha value is -1.02. The maximum Gasteiger partial charge on any atom is 0.416 e. The molecule has 1 atom stereocenters. The number of nitrogens with two attached hydrogens (primary N) is 1. The Labute approximate surface area is 158 Å². The summed E-state index contributed by atoms with van der Waals surface area (Å²) in [6.45, 7) is 5.03. The molecule has 1 aromatic carbocycles. The van der Waals surface area contributed by atoms with Crippen LogP contribution in [0.25, 0.3) is 0 Å². The second-order valence-corrected chi connectivity index (χ2v) is 5.94. The molecule has 4 nitrogen and oxygen atoms in total. The molecule has 0 aromatic heterocycles. The molecule has 1 aromatic rings. The molecule has 1 fully saturated rings. The highest BCUT2D eigenvalue weighted by Crippen LogP contribution is 2.29. The van der Waals surface area contributed by atoms with E-state index in [9.17, 15) is 18.0 Å². The van der Waals surface area contributed by atoms with Gasteiger partial charge < -0.3 is 10.6 Å². The van der Waals surface area contributed by atoms with Crippen LogP contribution in [0.4, 0.5) is 13.2 Å². The summed E-state index contributed by atoms with van der Waals surface area (Å²) >= 11 is 0. The van der Waals surface area contributed by atoms with Gasteiger partial charge in [0.2, 0.25) is 5.91 Å². The molecule has 1 heterocycles. The highest BCUT2D eigenvalue weighted by Gasteiger charge is 2.30. The van der Waals surface area contributed by atoms with E-state index in [-0.39, 0.29) is 30.7 Å². The molecule has 1 saturated heterocycles. The summed E-state index contributed by atoms with van der Waals surface area (Å²) in [6, 6.07) is 4.74. The SMILES string of the molecule is C[C@@H](N)C(=O)N1CCCN(Cc2ccc(C(F)(F)F)cc2)CC1.Cl.Cl. The van der Waals surface area contributed by atoms with E-state index in [4.69, 9.17) is 5.73 Å². The van der Waals surface area contributed by atoms with Gasteiger partial charge in [-0.05, 0) is 31.0 Å². The highest BCUT2D eigenvalue weighted by molar-refractivity contribution is 5.85. The Kier molecular flexibility index (Phi) is 9.79. The first-order valence-electron chi connectivity index (χ1n) is 7.70. The van der Waals surface area contributed by atoms with Crippen LogP contribution in [0.3, 0.4) is 0 Å². The third-order valence-electron chi connectivity index (χ3n) is 3.98. The van der Waals surface area contributed by atoms with Crippen molar-refractivity contribution in [3.05, 3.63) is 35.4 Å². The summed E-state index contributed by atoms with van der Waals surface area (Å²) in [5.41, 5.74) is 5.83. The number of carbonyl (C=O) groups is 1. The van der Waals surface area contributed by atoms with Crippen molar-refractivity contribution in [1.82, 2.24) is 9.80 Å². The third kappa shape index (κ3) is 7.01. The predicted octanol–water partition coefficient (Wildman–Crippen LogP) is 2.93. The second-order valence-electron chi connectivity index (χ2n) is 5.94. The minimum absolute atomic E-state index is 0. The summed E-state index contributed by atoms with van der Waals surface area (Å²) in [5.74, 6) is -0.0543. The number of halogens is 5. The van der Waals surface area contributed by atoms with Crippen LogP contribution in [0.1, 0.15) is 24.5 Å². The first-order valence-corrected chi connectivity index (χ1v) is 7.70. The number of hydrogen-bond donors (Lipinski definition) is 1. The number of carbonyl (C=O) groups excluding carboxylic acids is 1. The van der Waals surface area contributed by atoms with Gasteiger partial charge in [-0.25, -0.2) is 0 Å². The average Bonchev–Trinajstić information content (AvgIpc) is 2.71. The van der Waals surface area contributed by atoms with Crippen molar-refractivity contribution < 1.29 is 18.0 Å². The Morgan fingerprint density at radius 1 is 1.12 bits per heavy atom. The number of hydrogen-bond acceptors (Lipinski definition) is 3. The van der Waals surface area contributed by atoms with Gasteiger partial charge in [0, 0.05) is 32.7 Å². The van der Waals surface area contributed by atoms with Crippen LogP contribution in [0, 0.1) is 0 Å². The number of benzene rings is 1. The zero-order chi connectivity index (χ0) is 17.0. The van der Waals surface area contributed by atoms with Gasteiger partial charge in [-0.1, -0.05) is 12.1 Å². The van der Waals surface area contributed by atoms with E-state index in [0.29, 0.717) is 26.2 Å². The molecule has 25 heavy (non-hydrogen) atoms. The molecule has 0 aliphatic carbocycles. The van der Waals surface area contributed by atoms with Crippen molar-refractivity contribution in [2.24, 2.45) is 5.73 Å². The van der Waals surface area contributed by atoms with Crippen molar-refractivity contribution in [2.75, 3.05) is 26.2 Å². The lowest BCUT2D eigenvalue weighted by Gasteiger charge is -2.23. The highest BCUT2D eigenvalue weighted by atomic mass is 35.5. The van der Waals surface area contributed by atoms with E-state index in [0.717, 1.165) is 30.7 Å². The Bertz CT molecular complexity index is 538. The van der Waals surface area contributed by atoms with E-state index >= 15 is 0 Å². The molecule has 2 rings (SSSR count). The van der Waals surface area contributed by atoms with E-state index in [1.807, 2.05) is 0 Å². The van der Waals surface area contributed by atoms with Crippen molar-refractivity contribution in [1.29, 1.82) is 0 Å². The zero-order valence-corrected chi connectivity index (χ0v) is 15.6. The van der Waals surface area contributed by atoms with E-state index < -0.39 is 17.8 Å². The molecule has 0 bridgehead atoms. The third-order valence-corrected chi connectivity index (χ3v) is 3.98. The first-order chi connectivity index (χ1) is 10.8. The second kappa shape index (κ2) is 10.2. The van der Waals surface area contributed by atoms with Crippen LogP contribution in [0.5, 0.6) is 0 Å². The van der Waals surface area contributed by atoms with Gasteiger partial charge in [0.1, 0.15) is 0 Å². The quantitative estimate of drug-likeness (QED) is 0.846. The zero-order valence-electron chi connectivity index (χ0n) is 14.0. The predicted molar refractivity (Wildman–Crippen MR) is 96.1 cm³/mol. The monoisotopic (exact) mass is 401 g/mol. The molecule has 0 spiro atoms. The van der Waals surface area contributed by atoms with Crippen molar-refractivity contribution >= 4 is 30.7 Å². The maximum atomic E-state index is 12.6. The maximum absolute atomic E-state index is 12.6. The normalized spacial score (nSPS) is 17.1. The molecule has 1 aliphatic heterocycles. The average molecular weight is 402 g/mol. The fraction of sp³-hybridized carbons (Fsp3) is 0.562. The fourth-order valence-corrected chi connectivity index (χ4v) is 2.69. The molecule has 1 amide bonds. The van der Waals surface area contributed by atoms with Crippen LogP contribution in [0.2, 0.25) is 0 Å². The Morgan fingerprint density at radius 3 is 2.24 bits per heavy atom. The standard InChI is InChI=1S/C16H22F3N3O.2ClH/c1-12(20)15(23)22-8-2-7-21(9-10-22)11-13-3-5-14(6-4-13)16(17,18)19;;/h3-6,12H,2,7-11,20H2,1H3;2*1H/t12-;;/m1../s1. The molecule has 0 radical (unpaired) electrons.